The fourth-order valence-electron chi connectivity index (χ4n) is 2.16. The Bertz CT molecular complexity index is 388. The maximum absolute atomic E-state index is 10.2. The third kappa shape index (κ3) is 2.37. The van der Waals surface area contributed by atoms with Crippen LogP contribution >= 0.6 is 0 Å². The molecule has 0 aromatic heterocycles. The highest BCUT2D eigenvalue weighted by molar-refractivity contribution is 5.48. The Hall–Kier alpha value is -1.26. The molecule has 0 bridgehead atoms. The average molecular weight is 237 g/mol. The van der Waals surface area contributed by atoms with E-state index in [0.717, 1.165) is 22.6 Å². The van der Waals surface area contributed by atoms with Gasteiger partial charge in [0.2, 0.25) is 0 Å². The van der Waals surface area contributed by atoms with Crippen molar-refractivity contribution in [3.63, 3.8) is 0 Å². The molecule has 4 nitrogen and oxygen atoms in total. The number of nitrogens with one attached hydrogen (secondary N) is 1. The number of aryl methyl sites for hydroxylation is 1. The minimum absolute atomic E-state index is 0.548. The molecule has 0 unspecified atom stereocenters. The van der Waals surface area contributed by atoms with E-state index in [1.165, 1.54) is 0 Å². The van der Waals surface area contributed by atoms with Crippen LogP contribution in [0.1, 0.15) is 11.1 Å². The lowest BCUT2D eigenvalue weighted by molar-refractivity contribution is -0.00986. The van der Waals surface area contributed by atoms with E-state index in [9.17, 15) is 5.11 Å². The van der Waals surface area contributed by atoms with Gasteiger partial charge in [-0.05, 0) is 24.6 Å². The van der Waals surface area contributed by atoms with Crippen molar-refractivity contribution < 1.29 is 14.6 Å². The van der Waals surface area contributed by atoms with Crippen molar-refractivity contribution in [2.75, 3.05) is 27.3 Å². The molecule has 0 spiro atoms. The summed E-state index contributed by atoms with van der Waals surface area (Å²) < 4.78 is 10.7. The molecule has 2 rings (SSSR count). The Balaban J connectivity index is 2.35. The van der Waals surface area contributed by atoms with Gasteiger partial charge in [-0.3, -0.25) is 0 Å². The highest BCUT2D eigenvalue weighted by Gasteiger charge is 2.36. The molecule has 1 fully saturated rings. The second-order valence-electron chi connectivity index (χ2n) is 4.65. The maximum atomic E-state index is 10.2. The van der Waals surface area contributed by atoms with Crippen LogP contribution in [0.4, 0.5) is 0 Å². The SMILES string of the molecule is COc1cc(C)cc(OC)c1CC1(O)CNC1. The van der Waals surface area contributed by atoms with Crippen molar-refractivity contribution in [3.05, 3.63) is 23.3 Å². The topological polar surface area (TPSA) is 50.7 Å². The number of benzene rings is 1. The lowest BCUT2D eigenvalue weighted by Gasteiger charge is -2.38. The van der Waals surface area contributed by atoms with Gasteiger partial charge in [-0.25, -0.2) is 0 Å². The zero-order chi connectivity index (χ0) is 12.5. The Labute approximate surface area is 102 Å². The normalized spacial score (nSPS) is 17.4. The van der Waals surface area contributed by atoms with Crippen molar-refractivity contribution in [2.45, 2.75) is 18.9 Å². The summed E-state index contributed by atoms with van der Waals surface area (Å²) in [5, 5.41) is 13.3. The van der Waals surface area contributed by atoms with Crippen molar-refractivity contribution in [2.24, 2.45) is 0 Å². The van der Waals surface area contributed by atoms with Gasteiger partial charge in [0.1, 0.15) is 11.5 Å². The van der Waals surface area contributed by atoms with E-state index in [2.05, 4.69) is 5.32 Å². The van der Waals surface area contributed by atoms with Gasteiger partial charge in [-0.1, -0.05) is 0 Å². The van der Waals surface area contributed by atoms with Crippen LogP contribution < -0.4 is 14.8 Å². The molecule has 1 heterocycles. The van der Waals surface area contributed by atoms with Crippen LogP contribution in [0.25, 0.3) is 0 Å². The number of hydrogen-bond acceptors (Lipinski definition) is 4. The van der Waals surface area contributed by atoms with Crippen LogP contribution in [0.3, 0.4) is 0 Å². The summed E-state index contributed by atoms with van der Waals surface area (Å²) in [5.74, 6) is 1.56. The predicted molar refractivity (Wildman–Crippen MR) is 65.8 cm³/mol. The van der Waals surface area contributed by atoms with E-state index in [0.29, 0.717) is 19.5 Å². The lowest BCUT2D eigenvalue weighted by Crippen LogP contribution is -2.60. The summed E-state index contributed by atoms with van der Waals surface area (Å²) in [5.41, 5.74) is 1.35. The molecule has 94 valence electrons. The van der Waals surface area contributed by atoms with Crippen LogP contribution in [0.5, 0.6) is 11.5 Å². The quantitative estimate of drug-likeness (QED) is 0.816. The zero-order valence-corrected chi connectivity index (χ0v) is 10.5. The molecule has 0 saturated carbocycles. The van der Waals surface area contributed by atoms with E-state index in [4.69, 9.17) is 9.47 Å². The molecule has 0 atom stereocenters. The molecule has 0 radical (unpaired) electrons. The third-order valence-corrected chi connectivity index (χ3v) is 3.17. The summed E-state index contributed by atoms with van der Waals surface area (Å²) in [4.78, 5) is 0. The number of β-amino-alcohol motifs (C(OH)–C–C–N with tert-alkyl or cyclic N) is 1. The first kappa shape index (κ1) is 12.2. The van der Waals surface area contributed by atoms with Crippen LogP contribution in [0, 0.1) is 6.92 Å². The number of methoxy groups -OCH3 is 2. The Kier molecular flexibility index (Phi) is 3.26. The molecule has 1 saturated heterocycles. The van der Waals surface area contributed by atoms with Crippen molar-refractivity contribution in [1.82, 2.24) is 5.32 Å². The smallest absolute Gasteiger partial charge is 0.126 e. The first-order valence-corrected chi connectivity index (χ1v) is 5.72. The van der Waals surface area contributed by atoms with E-state index in [1.54, 1.807) is 14.2 Å². The van der Waals surface area contributed by atoms with Gasteiger partial charge in [0.05, 0.1) is 19.8 Å². The van der Waals surface area contributed by atoms with Crippen LogP contribution in [-0.4, -0.2) is 38.0 Å². The maximum Gasteiger partial charge on any atom is 0.126 e. The zero-order valence-electron chi connectivity index (χ0n) is 10.5. The third-order valence-electron chi connectivity index (χ3n) is 3.17. The summed E-state index contributed by atoms with van der Waals surface area (Å²) in [6.45, 7) is 3.23. The van der Waals surface area contributed by atoms with E-state index < -0.39 is 5.60 Å². The van der Waals surface area contributed by atoms with Gasteiger partial charge < -0.3 is 19.9 Å². The molecule has 0 aliphatic carbocycles. The van der Waals surface area contributed by atoms with Crippen molar-refractivity contribution in [3.8, 4) is 11.5 Å². The lowest BCUT2D eigenvalue weighted by atomic mass is 9.88. The minimum Gasteiger partial charge on any atom is -0.496 e. The van der Waals surface area contributed by atoms with Gasteiger partial charge in [-0.15, -0.1) is 0 Å². The molecule has 0 amide bonds. The van der Waals surface area contributed by atoms with Gasteiger partial charge >= 0.3 is 0 Å². The fraction of sp³-hybridized carbons (Fsp3) is 0.538. The van der Waals surface area contributed by atoms with Crippen molar-refractivity contribution in [1.29, 1.82) is 0 Å². The minimum atomic E-state index is -0.671. The van der Waals surface area contributed by atoms with Crippen molar-refractivity contribution >= 4 is 0 Å². The standard InChI is InChI=1S/C13H19NO3/c1-9-4-11(16-2)10(12(5-9)17-3)6-13(15)7-14-8-13/h4-5,14-15H,6-8H2,1-3H3. The molecule has 17 heavy (non-hydrogen) atoms. The highest BCUT2D eigenvalue weighted by atomic mass is 16.5. The summed E-state index contributed by atoms with van der Waals surface area (Å²) >= 11 is 0. The largest absolute Gasteiger partial charge is 0.496 e. The molecular weight excluding hydrogens is 218 g/mol. The second-order valence-corrected chi connectivity index (χ2v) is 4.65. The predicted octanol–water partition coefficient (Wildman–Crippen LogP) is 0.889. The van der Waals surface area contributed by atoms with Crippen LogP contribution in [0.15, 0.2) is 12.1 Å². The second kappa shape index (κ2) is 4.55. The average Bonchev–Trinajstić information content (AvgIpc) is 2.28. The first-order valence-electron chi connectivity index (χ1n) is 5.72. The molecule has 2 N–H and O–H groups in total. The molecule has 1 aromatic carbocycles. The number of ether oxygens (including phenoxy) is 2. The number of aliphatic hydroxyl groups is 1. The fourth-order valence-corrected chi connectivity index (χ4v) is 2.16. The summed E-state index contributed by atoms with van der Waals surface area (Å²) in [6, 6.07) is 3.93. The Morgan fingerprint density at radius 2 is 1.76 bits per heavy atom. The molecule has 1 aliphatic heterocycles. The molecule has 1 aliphatic rings. The van der Waals surface area contributed by atoms with E-state index in [-0.39, 0.29) is 0 Å². The molecule has 1 aromatic rings. The highest BCUT2D eigenvalue weighted by Crippen LogP contribution is 2.34. The Morgan fingerprint density at radius 1 is 1.24 bits per heavy atom. The summed E-state index contributed by atoms with van der Waals surface area (Å²) in [6.07, 6.45) is 0.548. The number of rotatable bonds is 4. The van der Waals surface area contributed by atoms with Crippen LogP contribution in [-0.2, 0) is 6.42 Å². The monoisotopic (exact) mass is 237 g/mol. The number of hydrogen-bond donors (Lipinski definition) is 2. The van der Waals surface area contributed by atoms with Gasteiger partial charge in [-0.2, -0.15) is 0 Å². The molecule has 4 heteroatoms. The Morgan fingerprint density at radius 3 is 2.12 bits per heavy atom. The van der Waals surface area contributed by atoms with E-state index in [1.807, 2.05) is 19.1 Å². The van der Waals surface area contributed by atoms with Gasteiger partial charge in [0.25, 0.3) is 0 Å². The first-order chi connectivity index (χ1) is 8.08. The van der Waals surface area contributed by atoms with Gasteiger partial charge in [0.15, 0.2) is 0 Å². The van der Waals surface area contributed by atoms with E-state index >= 15 is 0 Å². The molecular formula is C13H19NO3. The van der Waals surface area contributed by atoms with Gasteiger partial charge in [0, 0.05) is 25.1 Å². The van der Waals surface area contributed by atoms with Crippen LogP contribution in [0.2, 0.25) is 0 Å². The summed E-state index contributed by atoms with van der Waals surface area (Å²) in [7, 11) is 3.28.